The first-order chi connectivity index (χ1) is 12.7. The monoisotopic (exact) mass is 406 g/mol. The van der Waals surface area contributed by atoms with Crippen molar-refractivity contribution in [3.63, 3.8) is 0 Å². The molecule has 1 aromatic heterocycles. The predicted octanol–water partition coefficient (Wildman–Crippen LogP) is 7.03. The van der Waals surface area contributed by atoms with Gasteiger partial charge >= 0.3 is 0 Å². The van der Waals surface area contributed by atoms with Crippen LogP contribution in [0.3, 0.4) is 0 Å². The minimum Gasteiger partial charge on any atom is -0.328 e. The number of hydrogen-bond donors (Lipinski definition) is 0. The topological polar surface area (TPSA) is 28.7 Å². The van der Waals surface area contributed by atoms with Gasteiger partial charge in [0, 0.05) is 16.4 Å². The van der Waals surface area contributed by atoms with Gasteiger partial charge in [0.1, 0.15) is 11.8 Å². The van der Waals surface area contributed by atoms with Gasteiger partial charge in [-0.3, -0.25) is 0 Å². The van der Waals surface area contributed by atoms with Gasteiger partial charge in [0.25, 0.3) is 0 Å². The third-order valence-corrected chi connectivity index (χ3v) is 4.59. The van der Waals surface area contributed by atoms with Crippen molar-refractivity contribution in [1.82, 2.24) is 4.57 Å². The van der Waals surface area contributed by atoms with Gasteiger partial charge in [-0.05, 0) is 41.8 Å². The van der Waals surface area contributed by atoms with E-state index in [2.05, 4.69) is 57.4 Å². The number of allylic oxidation sites excluding steroid dienone is 1. The molecule has 0 spiro atoms. The molecule has 0 bridgehead atoms. The number of benzene rings is 2. The van der Waals surface area contributed by atoms with E-state index < -0.39 is 0 Å². The molecule has 2 nitrogen and oxygen atoms in total. The third kappa shape index (κ3) is 3.98. The molecule has 3 aromatic rings. The van der Waals surface area contributed by atoms with Crippen molar-refractivity contribution in [1.29, 1.82) is 5.26 Å². The Morgan fingerprint density at radius 1 is 1.19 bits per heavy atom. The summed E-state index contributed by atoms with van der Waals surface area (Å²) in [5.74, 6) is 0. The van der Waals surface area contributed by atoms with E-state index in [0.717, 1.165) is 26.5 Å². The van der Waals surface area contributed by atoms with Crippen LogP contribution in [0.5, 0.6) is 0 Å². The minimum absolute atomic E-state index is 0.643. The summed E-state index contributed by atoms with van der Waals surface area (Å²) >= 11 is 3.52. The lowest BCUT2D eigenvalue weighted by Crippen LogP contribution is -2.04. The number of fused-ring (bicyclic) bond motifs is 1. The Morgan fingerprint density at radius 2 is 1.96 bits per heavy atom. The molecule has 0 amide bonds. The van der Waals surface area contributed by atoms with E-state index in [1.165, 1.54) is 5.56 Å². The molecule has 0 atom stereocenters. The van der Waals surface area contributed by atoms with E-state index in [-0.39, 0.29) is 0 Å². The van der Waals surface area contributed by atoms with Crippen LogP contribution in [0.4, 0.5) is 0 Å². The fraction of sp³-hybridized carbons (Fsp3) is 0.174. The van der Waals surface area contributed by atoms with Crippen LogP contribution in [0.2, 0.25) is 0 Å². The quantitative estimate of drug-likeness (QED) is 0.457. The van der Waals surface area contributed by atoms with Crippen LogP contribution < -0.4 is 0 Å². The zero-order chi connectivity index (χ0) is 19.1. The van der Waals surface area contributed by atoms with Gasteiger partial charge in [-0.15, -0.1) is 0 Å². The van der Waals surface area contributed by atoms with Crippen LogP contribution in [0, 0.1) is 11.3 Å². The standard InChI is InChI=1S/C21H17BrN2.C2H6/c1-3-6-20-15(4-2)7-5-8-17(20)14-24-19(13-23)11-16-9-10-18(22)12-21(16)24;1-2/h3-12H,2,14H2,1H3;1-2H3/b6-3-;. The van der Waals surface area contributed by atoms with Crippen LogP contribution in [-0.4, -0.2) is 4.57 Å². The maximum Gasteiger partial charge on any atom is 0.121 e. The van der Waals surface area contributed by atoms with Gasteiger partial charge < -0.3 is 4.57 Å². The van der Waals surface area contributed by atoms with E-state index in [4.69, 9.17) is 0 Å². The van der Waals surface area contributed by atoms with E-state index in [0.29, 0.717) is 12.2 Å². The van der Waals surface area contributed by atoms with E-state index in [1.807, 2.05) is 57.2 Å². The molecule has 0 aliphatic rings. The van der Waals surface area contributed by atoms with Gasteiger partial charge in [0.15, 0.2) is 0 Å². The number of halogens is 1. The molecule has 132 valence electrons. The summed E-state index contributed by atoms with van der Waals surface area (Å²) in [6.45, 7) is 10.6. The SMILES string of the molecule is C=Cc1cccc(Cn2c(C#N)cc3ccc(Br)cc32)c1/C=C\C.CC. The molecule has 1 heterocycles. The van der Waals surface area contributed by atoms with Crippen molar-refractivity contribution in [3.8, 4) is 6.07 Å². The molecule has 0 saturated carbocycles. The Bertz CT molecular complexity index is 987. The number of nitrogens with zero attached hydrogens (tertiary/aromatic N) is 2. The second-order valence-electron chi connectivity index (χ2n) is 5.55. The van der Waals surface area contributed by atoms with Gasteiger partial charge in [-0.1, -0.05) is 78.8 Å². The van der Waals surface area contributed by atoms with E-state index >= 15 is 0 Å². The second-order valence-corrected chi connectivity index (χ2v) is 6.47. The minimum atomic E-state index is 0.643. The molecule has 0 N–H and O–H groups in total. The molecule has 3 rings (SSSR count). The Labute approximate surface area is 164 Å². The van der Waals surface area contributed by atoms with Crippen LogP contribution in [0.25, 0.3) is 23.1 Å². The molecule has 0 fully saturated rings. The zero-order valence-corrected chi connectivity index (χ0v) is 17.0. The predicted molar refractivity (Wildman–Crippen MR) is 116 cm³/mol. The largest absolute Gasteiger partial charge is 0.328 e. The highest BCUT2D eigenvalue weighted by Crippen LogP contribution is 2.26. The van der Waals surface area contributed by atoms with Crippen LogP contribution in [-0.2, 0) is 6.54 Å². The van der Waals surface area contributed by atoms with Crippen LogP contribution >= 0.6 is 15.9 Å². The lowest BCUT2D eigenvalue weighted by Gasteiger charge is -2.13. The van der Waals surface area contributed by atoms with Gasteiger partial charge in [-0.2, -0.15) is 5.26 Å². The summed E-state index contributed by atoms with van der Waals surface area (Å²) in [7, 11) is 0. The van der Waals surface area contributed by atoms with Crippen LogP contribution in [0.1, 0.15) is 43.2 Å². The normalized spacial score (nSPS) is 10.4. The molecular weight excluding hydrogens is 384 g/mol. The Hall–Kier alpha value is -2.57. The molecule has 0 unspecified atom stereocenters. The van der Waals surface area contributed by atoms with Crippen LogP contribution in [0.15, 0.2) is 59.6 Å². The lowest BCUT2D eigenvalue weighted by molar-refractivity contribution is 0.821. The summed E-state index contributed by atoms with van der Waals surface area (Å²) in [5, 5.41) is 10.6. The van der Waals surface area contributed by atoms with Crippen molar-refractivity contribution >= 4 is 39.0 Å². The Morgan fingerprint density at radius 3 is 2.62 bits per heavy atom. The zero-order valence-electron chi connectivity index (χ0n) is 15.5. The van der Waals surface area contributed by atoms with Gasteiger partial charge in [-0.25, -0.2) is 0 Å². The summed E-state index contributed by atoms with van der Waals surface area (Å²) < 4.78 is 3.07. The first kappa shape index (κ1) is 19.8. The highest BCUT2D eigenvalue weighted by Gasteiger charge is 2.12. The maximum atomic E-state index is 9.53. The van der Waals surface area contributed by atoms with Crippen molar-refractivity contribution in [2.75, 3.05) is 0 Å². The molecular formula is C23H23BrN2. The van der Waals surface area contributed by atoms with E-state index in [9.17, 15) is 5.26 Å². The summed E-state index contributed by atoms with van der Waals surface area (Å²) in [6.07, 6.45) is 6.00. The van der Waals surface area contributed by atoms with Crippen molar-refractivity contribution in [3.05, 3.63) is 82.0 Å². The highest BCUT2D eigenvalue weighted by molar-refractivity contribution is 9.10. The number of hydrogen-bond acceptors (Lipinski definition) is 1. The number of aromatic nitrogens is 1. The van der Waals surface area contributed by atoms with Gasteiger partial charge in [0.05, 0.1) is 5.52 Å². The molecule has 0 radical (unpaired) electrons. The van der Waals surface area contributed by atoms with Crippen molar-refractivity contribution < 1.29 is 0 Å². The maximum absolute atomic E-state index is 9.53. The first-order valence-electron chi connectivity index (χ1n) is 8.74. The molecule has 2 aromatic carbocycles. The Kier molecular flexibility index (Phi) is 7.00. The summed E-state index contributed by atoms with van der Waals surface area (Å²) in [4.78, 5) is 0. The fourth-order valence-corrected chi connectivity index (χ4v) is 3.33. The average Bonchev–Trinajstić information content (AvgIpc) is 3.01. The molecule has 0 aliphatic carbocycles. The Balaban J connectivity index is 0.00000117. The smallest absolute Gasteiger partial charge is 0.121 e. The van der Waals surface area contributed by atoms with Crippen molar-refractivity contribution in [2.45, 2.75) is 27.3 Å². The van der Waals surface area contributed by atoms with Gasteiger partial charge in [0.2, 0.25) is 0 Å². The number of rotatable bonds is 4. The van der Waals surface area contributed by atoms with Crippen molar-refractivity contribution in [2.24, 2.45) is 0 Å². The second kappa shape index (κ2) is 9.22. The lowest BCUT2D eigenvalue weighted by atomic mass is 10.00. The number of nitriles is 1. The fourth-order valence-electron chi connectivity index (χ4n) is 2.98. The molecule has 0 saturated heterocycles. The molecule has 0 aliphatic heterocycles. The molecule has 3 heteroatoms. The van der Waals surface area contributed by atoms with E-state index in [1.54, 1.807) is 0 Å². The molecule has 26 heavy (non-hydrogen) atoms. The summed E-state index contributed by atoms with van der Waals surface area (Å²) in [5.41, 5.74) is 5.13. The first-order valence-corrected chi connectivity index (χ1v) is 9.53. The third-order valence-electron chi connectivity index (χ3n) is 4.09. The highest BCUT2D eigenvalue weighted by atomic mass is 79.9. The average molecular weight is 407 g/mol. The summed E-state index contributed by atoms with van der Waals surface area (Å²) in [6, 6.07) is 16.5.